The standard InChI is InChI=1S/C24H28N4O5S/c1-6-23(29)25-34(31,32)17-7-8-19-22(14-17)28(10-9-26(19)3)21-13-16(33-5)12-20-18(21)11-15(2)24(30)27(20)4/h7-8,11-14H,6,9-10H2,1-5H3,(H,25,29). The molecular formula is C24H28N4O5S. The Kier molecular flexibility index (Phi) is 6.03. The number of carbonyl (C=O) groups is 1. The van der Waals surface area contributed by atoms with E-state index < -0.39 is 15.9 Å². The van der Waals surface area contributed by atoms with Crippen LogP contribution < -0.4 is 24.8 Å². The van der Waals surface area contributed by atoms with Crippen LogP contribution in [0.3, 0.4) is 0 Å². The summed E-state index contributed by atoms with van der Waals surface area (Å²) in [6, 6.07) is 10.4. The zero-order chi connectivity index (χ0) is 24.8. The van der Waals surface area contributed by atoms with Crippen molar-refractivity contribution in [1.82, 2.24) is 9.29 Å². The van der Waals surface area contributed by atoms with Crippen LogP contribution >= 0.6 is 0 Å². The van der Waals surface area contributed by atoms with Gasteiger partial charge in [-0.25, -0.2) is 13.1 Å². The predicted octanol–water partition coefficient (Wildman–Crippen LogP) is 2.66. The third kappa shape index (κ3) is 3.98. The SMILES string of the molecule is CCC(=O)NS(=O)(=O)c1ccc2c(c1)N(c1cc(OC)cc3c1cc(C)c(=O)n3C)CCN2C. The highest BCUT2D eigenvalue weighted by atomic mass is 32.2. The lowest BCUT2D eigenvalue weighted by Gasteiger charge is -2.38. The summed E-state index contributed by atoms with van der Waals surface area (Å²) in [7, 11) is 1.22. The van der Waals surface area contributed by atoms with Crippen molar-refractivity contribution >= 4 is 43.9 Å². The molecule has 1 aliphatic rings. The number of aryl methyl sites for hydroxylation is 2. The summed E-state index contributed by atoms with van der Waals surface area (Å²) >= 11 is 0. The fourth-order valence-corrected chi connectivity index (χ4v) is 5.32. The Labute approximate surface area is 198 Å². The number of amides is 1. The Morgan fingerprint density at radius 1 is 1.06 bits per heavy atom. The van der Waals surface area contributed by atoms with Gasteiger partial charge in [0, 0.05) is 56.7 Å². The van der Waals surface area contributed by atoms with Crippen molar-refractivity contribution in [3.8, 4) is 5.75 Å². The maximum atomic E-state index is 12.8. The molecule has 1 amide bonds. The Bertz CT molecular complexity index is 1460. The fourth-order valence-electron chi connectivity index (χ4n) is 4.25. The Morgan fingerprint density at radius 2 is 1.79 bits per heavy atom. The predicted molar refractivity (Wildman–Crippen MR) is 133 cm³/mol. The van der Waals surface area contributed by atoms with E-state index in [4.69, 9.17) is 4.74 Å². The topological polar surface area (TPSA) is 101 Å². The van der Waals surface area contributed by atoms with Gasteiger partial charge in [-0.05, 0) is 31.2 Å². The summed E-state index contributed by atoms with van der Waals surface area (Å²) in [5.74, 6) is 0.0164. The van der Waals surface area contributed by atoms with E-state index in [9.17, 15) is 18.0 Å². The van der Waals surface area contributed by atoms with Crippen LogP contribution in [0.15, 0.2) is 46.1 Å². The zero-order valence-corrected chi connectivity index (χ0v) is 20.7. The van der Waals surface area contributed by atoms with E-state index >= 15 is 0 Å². The molecule has 0 aliphatic carbocycles. The van der Waals surface area contributed by atoms with Crippen molar-refractivity contribution in [3.63, 3.8) is 0 Å². The number of methoxy groups -OCH3 is 1. The van der Waals surface area contributed by atoms with Crippen LogP contribution in [-0.4, -0.2) is 46.1 Å². The second-order valence-electron chi connectivity index (χ2n) is 8.38. The number of nitrogens with zero attached hydrogens (tertiary/aromatic N) is 3. The molecule has 180 valence electrons. The highest BCUT2D eigenvalue weighted by Gasteiger charge is 2.27. The molecule has 1 N–H and O–H groups in total. The molecule has 2 aromatic carbocycles. The number of likely N-dealkylation sites (N-methyl/N-ethyl adjacent to an activating group) is 1. The number of aromatic nitrogens is 1. The highest BCUT2D eigenvalue weighted by Crippen LogP contribution is 2.42. The Hall–Kier alpha value is -3.53. The summed E-state index contributed by atoms with van der Waals surface area (Å²) < 4.78 is 34.9. The van der Waals surface area contributed by atoms with Crippen molar-refractivity contribution in [2.24, 2.45) is 7.05 Å². The zero-order valence-electron chi connectivity index (χ0n) is 19.9. The van der Waals surface area contributed by atoms with E-state index in [2.05, 4.69) is 9.62 Å². The number of ether oxygens (including phenoxy) is 1. The minimum absolute atomic E-state index is 0.00383. The van der Waals surface area contributed by atoms with Gasteiger partial charge in [0.15, 0.2) is 0 Å². The average molecular weight is 485 g/mol. The molecule has 0 atom stereocenters. The molecule has 1 aromatic heterocycles. The number of hydrogen-bond donors (Lipinski definition) is 1. The number of fused-ring (bicyclic) bond motifs is 2. The summed E-state index contributed by atoms with van der Waals surface area (Å²) in [5.41, 5.74) is 3.56. The van der Waals surface area contributed by atoms with Gasteiger partial charge in [0.25, 0.3) is 15.6 Å². The third-order valence-corrected chi connectivity index (χ3v) is 7.56. The summed E-state index contributed by atoms with van der Waals surface area (Å²) in [6.07, 6.45) is 0.0624. The second kappa shape index (κ2) is 8.68. The lowest BCUT2D eigenvalue weighted by atomic mass is 10.1. The first-order chi connectivity index (χ1) is 16.1. The van der Waals surface area contributed by atoms with Gasteiger partial charge in [-0.1, -0.05) is 6.92 Å². The van der Waals surface area contributed by atoms with Gasteiger partial charge in [-0.15, -0.1) is 0 Å². The monoisotopic (exact) mass is 484 g/mol. The van der Waals surface area contributed by atoms with Gasteiger partial charge in [-0.2, -0.15) is 0 Å². The number of pyridine rings is 1. The van der Waals surface area contributed by atoms with Gasteiger partial charge in [-0.3, -0.25) is 9.59 Å². The van der Waals surface area contributed by atoms with E-state index in [-0.39, 0.29) is 16.9 Å². The molecule has 0 saturated carbocycles. The molecule has 9 nitrogen and oxygen atoms in total. The first-order valence-electron chi connectivity index (χ1n) is 10.9. The first kappa shape index (κ1) is 23.6. The molecule has 0 spiro atoms. The molecule has 0 bridgehead atoms. The average Bonchev–Trinajstić information content (AvgIpc) is 2.82. The van der Waals surface area contributed by atoms with Crippen LogP contribution in [0.4, 0.5) is 17.1 Å². The van der Waals surface area contributed by atoms with Crippen LogP contribution in [0.25, 0.3) is 10.9 Å². The largest absolute Gasteiger partial charge is 0.497 e. The molecule has 10 heteroatoms. The van der Waals surface area contributed by atoms with E-state index in [0.29, 0.717) is 35.6 Å². The highest BCUT2D eigenvalue weighted by molar-refractivity contribution is 7.90. The maximum absolute atomic E-state index is 12.8. The Morgan fingerprint density at radius 3 is 2.47 bits per heavy atom. The summed E-state index contributed by atoms with van der Waals surface area (Å²) in [4.78, 5) is 28.5. The van der Waals surface area contributed by atoms with Crippen molar-refractivity contribution in [3.05, 3.63) is 52.3 Å². The van der Waals surface area contributed by atoms with Crippen molar-refractivity contribution < 1.29 is 17.9 Å². The molecule has 0 unspecified atom stereocenters. The quantitative estimate of drug-likeness (QED) is 0.594. The van der Waals surface area contributed by atoms with Gasteiger partial charge in [0.05, 0.1) is 34.6 Å². The van der Waals surface area contributed by atoms with Gasteiger partial charge in [0.2, 0.25) is 5.91 Å². The van der Waals surface area contributed by atoms with E-state index in [1.807, 2.05) is 30.1 Å². The van der Waals surface area contributed by atoms with Gasteiger partial charge < -0.3 is 19.1 Å². The minimum atomic E-state index is -4.02. The van der Waals surface area contributed by atoms with Gasteiger partial charge >= 0.3 is 0 Å². The van der Waals surface area contributed by atoms with Crippen LogP contribution in [-0.2, 0) is 21.9 Å². The van der Waals surface area contributed by atoms with Crippen LogP contribution in [0.2, 0.25) is 0 Å². The first-order valence-corrected chi connectivity index (χ1v) is 12.4. The van der Waals surface area contributed by atoms with Crippen LogP contribution in [0.1, 0.15) is 18.9 Å². The number of nitrogens with one attached hydrogen (secondary N) is 1. The molecule has 0 saturated heterocycles. The smallest absolute Gasteiger partial charge is 0.264 e. The van der Waals surface area contributed by atoms with Crippen molar-refractivity contribution in [2.75, 3.05) is 37.0 Å². The molecule has 34 heavy (non-hydrogen) atoms. The number of benzene rings is 2. The fraction of sp³-hybridized carbons (Fsp3) is 0.333. The lowest BCUT2D eigenvalue weighted by molar-refractivity contribution is -0.119. The Balaban J connectivity index is 1.96. The number of sulfonamides is 1. The molecule has 2 heterocycles. The van der Waals surface area contributed by atoms with Crippen molar-refractivity contribution in [1.29, 1.82) is 0 Å². The normalized spacial score (nSPS) is 13.7. The van der Waals surface area contributed by atoms with E-state index in [0.717, 1.165) is 16.8 Å². The van der Waals surface area contributed by atoms with Gasteiger partial charge in [0.1, 0.15) is 5.75 Å². The van der Waals surface area contributed by atoms with E-state index in [1.54, 1.807) is 44.7 Å². The second-order valence-corrected chi connectivity index (χ2v) is 10.1. The number of hydrogen-bond acceptors (Lipinski definition) is 7. The maximum Gasteiger partial charge on any atom is 0.264 e. The molecular weight excluding hydrogens is 456 g/mol. The molecule has 0 radical (unpaired) electrons. The summed E-state index contributed by atoms with van der Waals surface area (Å²) in [5, 5.41) is 0.850. The van der Waals surface area contributed by atoms with E-state index in [1.165, 1.54) is 6.07 Å². The number of anilines is 3. The van der Waals surface area contributed by atoms with Crippen molar-refractivity contribution in [2.45, 2.75) is 25.2 Å². The molecule has 4 rings (SSSR count). The summed E-state index contributed by atoms with van der Waals surface area (Å²) in [6.45, 7) is 4.65. The number of carbonyl (C=O) groups excluding carboxylic acids is 1. The molecule has 3 aromatic rings. The van der Waals surface area contributed by atoms with Crippen LogP contribution in [0, 0.1) is 6.92 Å². The minimum Gasteiger partial charge on any atom is -0.497 e. The van der Waals surface area contributed by atoms with Crippen LogP contribution in [0.5, 0.6) is 5.75 Å². The number of rotatable bonds is 5. The molecule has 1 aliphatic heterocycles. The lowest BCUT2D eigenvalue weighted by Crippen LogP contribution is -2.37. The molecule has 0 fully saturated rings. The third-order valence-electron chi connectivity index (χ3n) is 6.19.